The van der Waals surface area contributed by atoms with Gasteiger partial charge in [-0.25, -0.2) is 17.9 Å². The van der Waals surface area contributed by atoms with Crippen LogP contribution in [0.5, 0.6) is 0 Å². The van der Waals surface area contributed by atoms with Crippen LogP contribution >= 0.6 is 11.6 Å². The average molecular weight is 292 g/mol. The van der Waals surface area contributed by atoms with E-state index in [0.29, 0.717) is 0 Å². The van der Waals surface area contributed by atoms with Crippen molar-refractivity contribution in [3.8, 4) is 0 Å². The fourth-order valence-electron chi connectivity index (χ4n) is 1.13. The van der Waals surface area contributed by atoms with Gasteiger partial charge in [0.15, 0.2) is 0 Å². The summed E-state index contributed by atoms with van der Waals surface area (Å²) in [7, 11) is -4.02. The molecule has 0 radical (unpaired) electrons. The molecule has 1 N–H and O–H groups in total. The van der Waals surface area contributed by atoms with Crippen molar-refractivity contribution >= 4 is 27.7 Å². The van der Waals surface area contributed by atoms with E-state index in [9.17, 15) is 13.2 Å². The lowest BCUT2D eigenvalue weighted by atomic mass is 10.2. The molecule has 18 heavy (non-hydrogen) atoms. The van der Waals surface area contributed by atoms with E-state index in [1.54, 1.807) is 31.6 Å². The van der Waals surface area contributed by atoms with E-state index < -0.39 is 21.7 Å². The van der Waals surface area contributed by atoms with Gasteiger partial charge in [0.25, 0.3) is 10.0 Å². The predicted octanol–water partition coefficient (Wildman–Crippen LogP) is 2.55. The van der Waals surface area contributed by atoms with Gasteiger partial charge in [-0.05, 0) is 32.9 Å². The molecule has 0 spiro atoms. The number of benzene rings is 1. The summed E-state index contributed by atoms with van der Waals surface area (Å²) in [6, 6.07) is 5.82. The number of carbonyl (C=O) groups is 1. The molecule has 0 aromatic heterocycles. The molecule has 0 aliphatic heterocycles. The molecular formula is C11H14ClNO4S. The molecule has 7 heteroatoms. The fourth-order valence-corrected chi connectivity index (χ4v) is 2.52. The van der Waals surface area contributed by atoms with Crippen LogP contribution in [0.3, 0.4) is 0 Å². The highest BCUT2D eigenvalue weighted by atomic mass is 35.5. The van der Waals surface area contributed by atoms with Gasteiger partial charge < -0.3 is 4.74 Å². The first kappa shape index (κ1) is 14.8. The summed E-state index contributed by atoms with van der Waals surface area (Å²) < 4.78 is 30.4. The molecule has 1 aromatic carbocycles. The van der Waals surface area contributed by atoms with E-state index >= 15 is 0 Å². The smallest absolute Gasteiger partial charge is 0.421 e. The Morgan fingerprint density at radius 3 is 2.33 bits per heavy atom. The maximum Gasteiger partial charge on any atom is 0.421 e. The number of sulfonamides is 1. The molecule has 100 valence electrons. The number of hydrogen-bond donors (Lipinski definition) is 1. The number of amides is 1. The molecule has 0 saturated carbocycles. The molecular weight excluding hydrogens is 278 g/mol. The first-order valence-electron chi connectivity index (χ1n) is 5.12. The highest BCUT2D eigenvalue weighted by Crippen LogP contribution is 2.20. The molecule has 0 aliphatic rings. The van der Waals surface area contributed by atoms with Crippen molar-refractivity contribution in [1.29, 1.82) is 0 Å². The second kappa shape index (κ2) is 5.16. The van der Waals surface area contributed by atoms with E-state index in [4.69, 9.17) is 16.3 Å². The van der Waals surface area contributed by atoms with Crippen LogP contribution in [0.2, 0.25) is 5.02 Å². The van der Waals surface area contributed by atoms with Crippen LogP contribution in [0.1, 0.15) is 20.8 Å². The quantitative estimate of drug-likeness (QED) is 0.909. The van der Waals surface area contributed by atoms with Crippen molar-refractivity contribution in [3.63, 3.8) is 0 Å². The minimum atomic E-state index is -4.02. The molecule has 0 saturated heterocycles. The topological polar surface area (TPSA) is 72.5 Å². The number of ether oxygens (including phenoxy) is 1. The van der Waals surface area contributed by atoms with Crippen molar-refractivity contribution in [2.45, 2.75) is 31.3 Å². The molecule has 0 bridgehead atoms. The van der Waals surface area contributed by atoms with Crippen LogP contribution < -0.4 is 4.72 Å². The molecule has 5 nitrogen and oxygen atoms in total. The van der Waals surface area contributed by atoms with Crippen LogP contribution in [-0.4, -0.2) is 20.1 Å². The molecule has 0 atom stereocenters. The number of nitrogens with one attached hydrogen (secondary N) is 1. The van der Waals surface area contributed by atoms with Gasteiger partial charge in [0.2, 0.25) is 0 Å². The van der Waals surface area contributed by atoms with Gasteiger partial charge in [0, 0.05) is 0 Å². The fraction of sp³-hybridized carbons (Fsp3) is 0.364. The highest BCUT2D eigenvalue weighted by Gasteiger charge is 2.24. The molecule has 1 amide bonds. The Hall–Kier alpha value is -1.27. The van der Waals surface area contributed by atoms with Crippen LogP contribution in [0.15, 0.2) is 29.2 Å². The SMILES string of the molecule is CC(C)(C)OC(=O)NS(=O)(=O)c1ccccc1Cl. The first-order valence-corrected chi connectivity index (χ1v) is 6.98. The summed E-state index contributed by atoms with van der Waals surface area (Å²) in [4.78, 5) is 11.2. The third kappa shape index (κ3) is 4.19. The lowest BCUT2D eigenvalue weighted by molar-refractivity contribution is 0.0570. The van der Waals surface area contributed by atoms with Crippen molar-refractivity contribution in [2.24, 2.45) is 0 Å². The molecule has 0 heterocycles. The van der Waals surface area contributed by atoms with E-state index in [2.05, 4.69) is 0 Å². The van der Waals surface area contributed by atoms with E-state index in [-0.39, 0.29) is 9.92 Å². The highest BCUT2D eigenvalue weighted by molar-refractivity contribution is 7.90. The van der Waals surface area contributed by atoms with Crippen LogP contribution in [0.25, 0.3) is 0 Å². The minimum Gasteiger partial charge on any atom is -0.443 e. The van der Waals surface area contributed by atoms with Crippen molar-refractivity contribution in [1.82, 2.24) is 4.72 Å². The van der Waals surface area contributed by atoms with Crippen LogP contribution in [-0.2, 0) is 14.8 Å². The maximum atomic E-state index is 11.9. The Balaban J connectivity index is 2.91. The number of hydrogen-bond acceptors (Lipinski definition) is 4. The van der Waals surface area contributed by atoms with Gasteiger partial charge in [-0.3, -0.25) is 0 Å². The van der Waals surface area contributed by atoms with Crippen LogP contribution in [0, 0.1) is 0 Å². The van der Waals surface area contributed by atoms with Gasteiger partial charge >= 0.3 is 6.09 Å². The Morgan fingerprint density at radius 2 is 1.83 bits per heavy atom. The maximum absolute atomic E-state index is 11.9. The van der Waals surface area contributed by atoms with Gasteiger partial charge in [0.1, 0.15) is 10.5 Å². The van der Waals surface area contributed by atoms with E-state index in [0.717, 1.165) is 0 Å². The van der Waals surface area contributed by atoms with Gasteiger partial charge in [0.05, 0.1) is 5.02 Å². The Bertz CT molecular complexity index is 548. The first-order chi connectivity index (χ1) is 8.12. The minimum absolute atomic E-state index is 0.0357. The summed E-state index contributed by atoms with van der Waals surface area (Å²) >= 11 is 5.75. The molecule has 0 fully saturated rings. The van der Waals surface area contributed by atoms with E-state index in [1.165, 1.54) is 18.2 Å². The van der Waals surface area contributed by atoms with E-state index in [1.807, 2.05) is 0 Å². The number of halogens is 1. The number of carbonyl (C=O) groups excluding carboxylic acids is 1. The third-order valence-corrected chi connectivity index (χ3v) is 3.55. The van der Waals surface area contributed by atoms with Crippen LogP contribution in [0.4, 0.5) is 4.79 Å². The third-order valence-electron chi connectivity index (χ3n) is 1.74. The zero-order valence-electron chi connectivity index (χ0n) is 10.2. The second-order valence-electron chi connectivity index (χ2n) is 4.54. The molecule has 1 rings (SSSR count). The summed E-state index contributed by atoms with van der Waals surface area (Å²) in [6.07, 6.45) is -1.04. The second-order valence-corrected chi connectivity index (χ2v) is 6.60. The predicted molar refractivity (Wildman–Crippen MR) is 68.0 cm³/mol. The zero-order valence-corrected chi connectivity index (χ0v) is 11.8. The summed E-state index contributed by atoms with van der Waals surface area (Å²) in [5.41, 5.74) is -0.778. The lowest BCUT2D eigenvalue weighted by Crippen LogP contribution is -2.36. The summed E-state index contributed by atoms with van der Waals surface area (Å²) in [5, 5.41) is 0.0357. The summed E-state index contributed by atoms with van der Waals surface area (Å²) in [6.45, 7) is 4.90. The lowest BCUT2D eigenvalue weighted by Gasteiger charge is -2.19. The number of rotatable bonds is 2. The Kier molecular flexibility index (Phi) is 4.24. The standard InChI is InChI=1S/C11H14ClNO4S/c1-11(2,3)17-10(14)13-18(15,16)9-7-5-4-6-8(9)12/h4-7H,1-3H3,(H,13,14). The van der Waals surface area contributed by atoms with Crippen molar-refractivity contribution < 1.29 is 17.9 Å². The van der Waals surface area contributed by atoms with Gasteiger partial charge in [-0.1, -0.05) is 23.7 Å². The zero-order chi connectivity index (χ0) is 14.0. The molecule has 1 aromatic rings. The van der Waals surface area contributed by atoms with Gasteiger partial charge in [-0.15, -0.1) is 0 Å². The Morgan fingerprint density at radius 1 is 1.28 bits per heavy atom. The average Bonchev–Trinajstić information content (AvgIpc) is 2.13. The monoisotopic (exact) mass is 291 g/mol. The van der Waals surface area contributed by atoms with Crippen molar-refractivity contribution in [2.75, 3.05) is 0 Å². The normalized spacial score (nSPS) is 12.0. The largest absolute Gasteiger partial charge is 0.443 e. The van der Waals surface area contributed by atoms with Crippen molar-refractivity contribution in [3.05, 3.63) is 29.3 Å². The summed E-state index contributed by atoms with van der Waals surface area (Å²) in [5.74, 6) is 0. The molecule has 0 aliphatic carbocycles. The molecule has 0 unspecified atom stereocenters. The van der Waals surface area contributed by atoms with Gasteiger partial charge in [-0.2, -0.15) is 0 Å². The Labute approximate surface area is 111 Å².